The molecule has 5 nitrogen and oxygen atoms in total. The Balaban J connectivity index is 2.57. The molecule has 1 aliphatic heterocycles. The summed E-state index contributed by atoms with van der Waals surface area (Å²) in [6, 6.07) is 1.87. The average Bonchev–Trinajstić information content (AvgIpc) is 2.40. The quantitative estimate of drug-likeness (QED) is 0.923. The van der Waals surface area contributed by atoms with Crippen molar-refractivity contribution in [1.29, 1.82) is 0 Å². The van der Waals surface area contributed by atoms with E-state index in [1.165, 1.54) is 17.0 Å². The Kier molecular flexibility index (Phi) is 4.22. The molecular weight excluding hydrogens is 284 g/mol. The van der Waals surface area contributed by atoms with Crippen molar-refractivity contribution in [2.45, 2.75) is 32.0 Å². The van der Waals surface area contributed by atoms with Gasteiger partial charge in [0, 0.05) is 11.6 Å². The second-order valence-corrected chi connectivity index (χ2v) is 5.05. The highest BCUT2D eigenvalue weighted by Gasteiger charge is 2.44. The van der Waals surface area contributed by atoms with Crippen LogP contribution in [0.25, 0.3) is 0 Å². The summed E-state index contributed by atoms with van der Waals surface area (Å²) in [4.78, 5) is 24.5. The van der Waals surface area contributed by atoms with Crippen molar-refractivity contribution >= 4 is 11.9 Å². The van der Waals surface area contributed by atoms with Crippen molar-refractivity contribution in [3.05, 3.63) is 35.4 Å². The first-order valence-corrected chi connectivity index (χ1v) is 6.44. The fourth-order valence-corrected chi connectivity index (χ4v) is 2.51. The highest BCUT2D eigenvalue weighted by Crippen LogP contribution is 2.34. The number of hydrogen-bond acceptors (Lipinski definition) is 3. The van der Waals surface area contributed by atoms with E-state index in [0.29, 0.717) is 0 Å². The lowest BCUT2D eigenvalue weighted by atomic mass is 9.95. The summed E-state index contributed by atoms with van der Waals surface area (Å²) in [6.45, 7) is 2.95. The van der Waals surface area contributed by atoms with Crippen LogP contribution < -0.4 is 0 Å². The zero-order valence-corrected chi connectivity index (χ0v) is 11.5. The molecule has 7 heteroatoms. The van der Waals surface area contributed by atoms with Gasteiger partial charge in [0.1, 0.15) is 6.61 Å². The first-order chi connectivity index (χ1) is 9.84. The number of morpholine rings is 1. The molecule has 114 valence electrons. The Morgan fingerprint density at radius 1 is 1.43 bits per heavy atom. The van der Waals surface area contributed by atoms with Crippen LogP contribution in [0.4, 0.5) is 8.78 Å². The largest absolute Gasteiger partial charge is 0.479 e. The van der Waals surface area contributed by atoms with Crippen LogP contribution in [0, 0.1) is 11.6 Å². The number of aliphatic carboxylic acids is 1. The molecule has 0 saturated carbocycles. The molecule has 2 rings (SSSR count). The Hall–Kier alpha value is -2.02. The van der Waals surface area contributed by atoms with Crippen molar-refractivity contribution in [3.8, 4) is 0 Å². The summed E-state index contributed by atoms with van der Waals surface area (Å²) in [5.41, 5.74) is -0.204. The molecule has 2 atom stereocenters. The maximum Gasteiger partial charge on any atom is 0.335 e. The summed E-state index contributed by atoms with van der Waals surface area (Å²) in [5.74, 6) is -4.06. The van der Waals surface area contributed by atoms with Gasteiger partial charge in [0.05, 0.1) is 6.04 Å². The van der Waals surface area contributed by atoms with Crippen molar-refractivity contribution in [2.24, 2.45) is 0 Å². The Labute approximate surface area is 120 Å². The molecule has 1 fully saturated rings. The highest BCUT2D eigenvalue weighted by molar-refractivity contribution is 5.83. The lowest BCUT2D eigenvalue weighted by Crippen LogP contribution is -2.54. The summed E-state index contributed by atoms with van der Waals surface area (Å²) in [7, 11) is 0. The van der Waals surface area contributed by atoms with Gasteiger partial charge in [0.25, 0.3) is 0 Å². The molecule has 0 bridgehead atoms. The van der Waals surface area contributed by atoms with Gasteiger partial charge >= 0.3 is 5.97 Å². The summed E-state index contributed by atoms with van der Waals surface area (Å²) >= 11 is 0. The molecule has 1 aliphatic rings. The molecule has 0 aliphatic carbocycles. The lowest BCUT2D eigenvalue weighted by molar-refractivity contribution is -0.175. The van der Waals surface area contributed by atoms with Crippen LogP contribution in [0.5, 0.6) is 0 Å². The van der Waals surface area contributed by atoms with Gasteiger partial charge in [-0.2, -0.15) is 0 Å². The second-order valence-electron chi connectivity index (χ2n) is 5.05. The number of ether oxygens (including phenoxy) is 1. The van der Waals surface area contributed by atoms with Crippen LogP contribution in [-0.2, 0) is 14.3 Å². The van der Waals surface area contributed by atoms with Crippen LogP contribution >= 0.6 is 0 Å². The topological polar surface area (TPSA) is 66.8 Å². The predicted octanol–water partition coefficient (Wildman–Crippen LogP) is 1.73. The molecular formula is C14H15F2NO4. The van der Waals surface area contributed by atoms with Crippen molar-refractivity contribution in [2.75, 3.05) is 6.61 Å². The summed E-state index contributed by atoms with van der Waals surface area (Å²) in [6.07, 6.45) is -1.44. The standard InChI is InChI=1S/C14H15F2NO4/c1-7(2)17-10(18)6-21-13(14(19)20)12(17)8-4-3-5-9(15)11(8)16/h3-5,7,12-13H,6H2,1-2H3,(H,19,20). The Morgan fingerprint density at radius 2 is 2.10 bits per heavy atom. The minimum absolute atomic E-state index is 0.204. The maximum atomic E-state index is 14.0. The van der Waals surface area contributed by atoms with Crippen molar-refractivity contribution in [1.82, 2.24) is 4.90 Å². The number of halogens is 2. The fourth-order valence-electron chi connectivity index (χ4n) is 2.51. The fraction of sp³-hybridized carbons (Fsp3) is 0.429. The third-order valence-corrected chi connectivity index (χ3v) is 3.36. The first-order valence-electron chi connectivity index (χ1n) is 6.44. The number of rotatable bonds is 3. The highest BCUT2D eigenvalue weighted by atomic mass is 19.2. The molecule has 21 heavy (non-hydrogen) atoms. The van der Waals surface area contributed by atoms with Gasteiger partial charge in [-0.15, -0.1) is 0 Å². The van der Waals surface area contributed by atoms with E-state index in [1.807, 2.05) is 0 Å². The smallest absolute Gasteiger partial charge is 0.335 e. The predicted molar refractivity (Wildman–Crippen MR) is 68.5 cm³/mol. The van der Waals surface area contributed by atoms with E-state index in [2.05, 4.69) is 0 Å². The number of benzene rings is 1. The van der Waals surface area contributed by atoms with E-state index in [-0.39, 0.29) is 11.6 Å². The Bertz CT molecular complexity index is 576. The number of nitrogens with zero attached hydrogens (tertiary/aromatic N) is 1. The first kappa shape index (κ1) is 15.4. The third-order valence-electron chi connectivity index (χ3n) is 3.36. The second kappa shape index (κ2) is 5.77. The minimum Gasteiger partial charge on any atom is -0.479 e. The zero-order valence-electron chi connectivity index (χ0n) is 11.5. The van der Waals surface area contributed by atoms with E-state index < -0.39 is 42.3 Å². The molecule has 0 spiro atoms. The average molecular weight is 299 g/mol. The number of carboxylic acid groups (broad SMARTS) is 1. The molecule has 0 radical (unpaired) electrons. The maximum absolute atomic E-state index is 14.0. The molecule has 1 amide bonds. The molecule has 1 N–H and O–H groups in total. The van der Waals surface area contributed by atoms with Crippen LogP contribution in [0.2, 0.25) is 0 Å². The number of carbonyl (C=O) groups is 2. The number of amides is 1. The number of carbonyl (C=O) groups excluding carboxylic acids is 1. The van der Waals surface area contributed by atoms with E-state index >= 15 is 0 Å². The Morgan fingerprint density at radius 3 is 2.67 bits per heavy atom. The lowest BCUT2D eigenvalue weighted by Gasteiger charge is -2.41. The van der Waals surface area contributed by atoms with Gasteiger partial charge < -0.3 is 14.7 Å². The zero-order chi connectivity index (χ0) is 15.7. The molecule has 1 aromatic rings. The molecule has 2 unspecified atom stereocenters. The number of carboxylic acids is 1. The molecule has 0 aromatic heterocycles. The molecule has 1 saturated heterocycles. The summed E-state index contributed by atoms with van der Waals surface area (Å²) < 4.78 is 32.5. The molecule has 1 aromatic carbocycles. The van der Waals surface area contributed by atoms with Crippen molar-refractivity contribution < 1.29 is 28.2 Å². The van der Waals surface area contributed by atoms with E-state index in [1.54, 1.807) is 13.8 Å². The van der Waals surface area contributed by atoms with Gasteiger partial charge in [0.15, 0.2) is 17.7 Å². The van der Waals surface area contributed by atoms with Gasteiger partial charge in [-0.3, -0.25) is 4.79 Å². The SMILES string of the molecule is CC(C)N1C(=O)COC(C(=O)O)C1c1cccc(F)c1F. The van der Waals surface area contributed by atoms with E-state index in [4.69, 9.17) is 4.74 Å². The van der Waals surface area contributed by atoms with Gasteiger partial charge in [-0.25, -0.2) is 13.6 Å². The van der Waals surface area contributed by atoms with Gasteiger partial charge in [-0.1, -0.05) is 12.1 Å². The molecule has 1 heterocycles. The van der Waals surface area contributed by atoms with Gasteiger partial charge in [0.2, 0.25) is 5.91 Å². The van der Waals surface area contributed by atoms with E-state index in [9.17, 15) is 23.5 Å². The van der Waals surface area contributed by atoms with Gasteiger partial charge in [-0.05, 0) is 19.9 Å². The third kappa shape index (κ3) is 2.73. The van der Waals surface area contributed by atoms with Crippen LogP contribution in [0.15, 0.2) is 18.2 Å². The van der Waals surface area contributed by atoms with E-state index in [0.717, 1.165) is 6.07 Å². The normalized spacial score (nSPS) is 22.7. The minimum atomic E-state index is -1.44. The number of hydrogen-bond donors (Lipinski definition) is 1. The monoisotopic (exact) mass is 299 g/mol. The van der Waals surface area contributed by atoms with Crippen LogP contribution in [0.3, 0.4) is 0 Å². The van der Waals surface area contributed by atoms with Crippen LogP contribution in [0.1, 0.15) is 25.5 Å². The summed E-state index contributed by atoms with van der Waals surface area (Å²) in [5, 5.41) is 9.24. The van der Waals surface area contributed by atoms with Crippen molar-refractivity contribution in [3.63, 3.8) is 0 Å². The van der Waals surface area contributed by atoms with Crippen LogP contribution in [-0.4, -0.2) is 40.6 Å².